The van der Waals surface area contributed by atoms with Crippen molar-refractivity contribution in [3.05, 3.63) is 40.6 Å². The van der Waals surface area contributed by atoms with Gasteiger partial charge in [-0.25, -0.2) is 4.99 Å². The van der Waals surface area contributed by atoms with Crippen molar-refractivity contribution < 1.29 is 0 Å². The van der Waals surface area contributed by atoms with Gasteiger partial charge in [-0.2, -0.15) is 0 Å². The molecule has 48 valence electrons. The van der Waals surface area contributed by atoms with Crippen LogP contribution in [0.25, 0.3) is 10.4 Å². The Labute approximate surface area is 57.5 Å². The molecular formula is C6H4N4. The molecule has 0 radical (unpaired) electrons. The molecule has 1 aliphatic heterocycles. The van der Waals surface area contributed by atoms with Crippen LogP contribution in [0.3, 0.4) is 0 Å². The van der Waals surface area contributed by atoms with Gasteiger partial charge < -0.3 is 0 Å². The van der Waals surface area contributed by atoms with Gasteiger partial charge in [-0.1, -0.05) is 11.2 Å². The van der Waals surface area contributed by atoms with Crippen molar-refractivity contribution >= 4 is 5.87 Å². The van der Waals surface area contributed by atoms with Crippen LogP contribution in [0.2, 0.25) is 0 Å². The van der Waals surface area contributed by atoms with Crippen LogP contribution in [0.1, 0.15) is 0 Å². The quantitative estimate of drug-likeness (QED) is 0.297. The number of nitrogens with zero attached hydrogens (tertiary/aromatic N) is 4. The summed E-state index contributed by atoms with van der Waals surface area (Å²) in [5, 5.41) is 3.36. The molecule has 0 fully saturated rings. The smallest absolute Gasteiger partial charge is 0.0468 e. The van der Waals surface area contributed by atoms with Gasteiger partial charge in [0.05, 0.1) is 0 Å². The summed E-state index contributed by atoms with van der Waals surface area (Å²) in [4.78, 5) is 6.29. The first-order valence-corrected chi connectivity index (χ1v) is 2.64. The molecule has 0 aromatic rings. The van der Waals surface area contributed by atoms with Crippen LogP contribution in [-0.2, 0) is 0 Å². The van der Waals surface area contributed by atoms with E-state index in [1.165, 1.54) is 6.08 Å². The first-order chi connectivity index (χ1) is 4.93. The van der Waals surface area contributed by atoms with Crippen LogP contribution in [-0.4, -0.2) is 5.87 Å². The maximum atomic E-state index is 8.03. The molecule has 0 unspecified atom stereocenters. The summed E-state index contributed by atoms with van der Waals surface area (Å²) in [5.41, 5.74) is 8.54. The van der Waals surface area contributed by atoms with E-state index < -0.39 is 0 Å². The molecule has 0 aliphatic carbocycles. The van der Waals surface area contributed by atoms with E-state index in [0.29, 0.717) is 5.70 Å². The van der Waals surface area contributed by atoms with Crippen molar-refractivity contribution in [2.24, 2.45) is 10.1 Å². The SMILES string of the molecule is [N-]=[N+]=NC1=CC=CN=C=C1. The van der Waals surface area contributed by atoms with E-state index in [0.717, 1.165) is 0 Å². The third-order valence-electron chi connectivity index (χ3n) is 0.875. The molecule has 0 aromatic heterocycles. The van der Waals surface area contributed by atoms with Gasteiger partial charge in [0.1, 0.15) is 0 Å². The maximum absolute atomic E-state index is 8.03. The second kappa shape index (κ2) is 3.30. The lowest BCUT2D eigenvalue weighted by Crippen LogP contribution is -1.64. The fraction of sp³-hybridized carbons (Fsp3) is 0. The van der Waals surface area contributed by atoms with Crippen LogP contribution in [0.5, 0.6) is 0 Å². The molecule has 10 heavy (non-hydrogen) atoms. The van der Waals surface area contributed by atoms with Crippen molar-refractivity contribution in [2.45, 2.75) is 0 Å². The zero-order valence-electron chi connectivity index (χ0n) is 5.10. The molecule has 1 rings (SSSR count). The minimum Gasteiger partial charge on any atom is -0.214 e. The summed E-state index contributed by atoms with van der Waals surface area (Å²) in [6.45, 7) is 0. The topological polar surface area (TPSA) is 61.1 Å². The molecule has 0 bridgehead atoms. The molecule has 0 atom stereocenters. The van der Waals surface area contributed by atoms with Gasteiger partial charge in [-0.15, -0.1) is 0 Å². The summed E-state index contributed by atoms with van der Waals surface area (Å²) in [6, 6.07) is 0. The third-order valence-corrected chi connectivity index (χ3v) is 0.875. The summed E-state index contributed by atoms with van der Waals surface area (Å²) in [7, 11) is 0. The van der Waals surface area contributed by atoms with E-state index in [9.17, 15) is 0 Å². The minimum absolute atomic E-state index is 0.514. The van der Waals surface area contributed by atoms with E-state index in [1.807, 2.05) is 0 Å². The predicted octanol–water partition coefficient (Wildman–Crippen LogP) is 1.93. The first-order valence-electron chi connectivity index (χ1n) is 2.64. The average Bonchev–Trinajstić information content (AvgIpc) is 2.17. The Hall–Kier alpha value is -1.76. The molecule has 0 N–H and O–H groups in total. The molecule has 4 nitrogen and oxygen atoms in total. The second-order valence-corrected chi connectivity index (χ2v) is 1.53. The zero-order chi connectivity index (χ0) is 7.23. The highest BCUT2D eigenvalue weighted by molar-refractivity contribution is 5.59. The number of hydrogen-bond donors (Lipinski definition) is 0. The number of rotatable bonds is 1. The Balaban J connectivity index is 2.96. The fourth-order valence-electron chi connectivity index (χ4n) is 0.493. The normalized spacial score (nSPS) is 13.8. The van der Waals surface area contributed by atoms with Crippen molar-refractivity contribution in [2.75, 3.05) is 0 Å². The molecule has 0 saturated heterocycles. The van der Waals surface area contributed by atoms with Crippen molar-refractivity contribution in [1.82, 2.24) is 0 Å². The van der Waals surface area contributed by atoms with Crippen molar-refractivity contribution in [3.63, 3.8) is 0 Å². The molecule has 4 heteroatoms. The Morgan fingerprint density at radius 2 is 2.60 bits per heavy atom. The fourth-order valence-corrected chi connectivity index (χ4v) is 0.493. The Bertz CT molecular complexity index is 285. The van der Waals surface area contributed by atoms with Crippen molar-refractivity contribution in [3.8, 4) is 0 Å². The van der Waals surface area contributed by atoms with Crippen LogP contribution >= 0.6 is 0 Å². The summed E-state index contributed by atoms with van der Waals surface area (Å²) >= 11 is 0. The van der Waals surface area contributed by atoms with Gasteiger partial charge in [0.25, 0.3) is 0 Å². The Kier molecular flexibility index (Phi) is 2.10. The Morgan fingerprint density at radius 3 is 3.40 bits per heavy atom. The van der Waals surface area contributed by atoms with Gasteiger partial charge in [0.15, 0.2) is 0 Å². The summed E-state index contributed by atoms with van der Waals surface area (Å²) in [5.74, 6) is 2.56. The molecule has 0 aromatic carbocycles. The van der Waals surface area contributed by atoms with Gasteiger partial charge >= 0.3 is 0 Å². The highest BCUT2D eigenvalue weighted by atomic mass is 15.1. The largest absolute Gasteiger partial charge is 0.214 e. The van der Waals surface area contributed by atoms with Crippen LogP contribution in [0.4, 0.5) is 0 Å². The third kappa shape index (κ3) is 1.63. The lowest BCUT2D eigenvalue weighted by molar-refractivity contribution is 1.38. The highest BCUT2D eigenvalue weighted by Gasteiger charge is 1.83. The van der Waals surface area contributed by atoms with Gasteiger partial charge in [0.2, 0.25) is 0 Å². The molecule has 0 saturated carbocycles. The lowest BCUT2D eigenvalue weighted by atomic mass is 10.4. The van der Waals surface area contributed by atoms with E-state index in [4.69, 9.17) is 5.53 Å². The number of hydrogen-bond acceptors (Lipinski definition) is 2. The summed E-state index contributed by atoms with van der Waals surface area (Å²) < 4.78 is 0. The monoisotopic (exact) mass is 132 g/mol. The maximum Gasteiger partial charge on any atom is 0.0468 e. The lowest BCUT2D eigenvalue weighted by Gasteiger charge is -1.79. The van der Waals surface area contributed by atoms with E-state index in [1.54, 1.807) is 18.4 Å². The number of aliphatic imine (C=N–C) groups is 1. The zero-order valence-corrected chi connectivity index (χ0v) is 5.10. The van der Waals surface area contributed by atoms with Crippen LogP contribution in [0.15, 0.2) is 40.2 Å². The van der Waals surface area contributed by atoms with E-state index >= 15 is 0 Å². The minimum atomic E-state index is 0.514. The molecular weight excluding hydrogens is 128 g/mol. The molecule has 1 heterocycles. The van der Waals surface area contributed by atoms with Gasteiger partial charge in [-0.3, -0.25) is 0 Å². The standard InChI is InChI=1S/C6H4N4/c7-10-9-6-2-1-4-8-5-3-6/h1-4H. The number of allylic oxidation sites excluding steroid dienone is 3. The van der Waals surface area contributed by atoms with Crippen molar-refractivity contribution in [1.29, 1.82) is 0 Å². The van der Waals surface area contributed by atoms with E-state index in [-0.39, 0.29) is 0 Å². The van der Waals surface area contributed by atoms with Gasteiger partial charge in [-0.05, 0) is 17.5 Å². The predicted molar refractivity (Wildman–Crippen MR) is 38.4 cm³/mol. The molecule has 0 spiro atoms. The molecule has 0 amide bonds. The highest BCUT2D eigenvalue weighted by Crippen LogP contribution is 1.99. The first kappa shape index (κ1) is 6.36. The average molecular weight is 132 g/mol. The summed E-state index contributed by atoms with van der Waals surface area (Å²) in [6.07, 6.45) is 6.42. The van der Waals surface area contributed by atoms with Crippen LogP contribution in [0, 0.1) is 0 Å². The number of azide groups is 1. The second-order valence-electron chi connectivity index (χ2n) is 1.53. The van der Waals surface area contributed by atoms with E-state index in [2.05, 4.69) is 20.9 Å². The van der Waals surface area contributed by atoms with Crippen LogP contribution < -0.4 is 0 Å². The van der Waals surface area contributed by atoms with Gasteiger partial charge in [0, 0.05) is 22.9 Å². The molecule has 1 aliphatic rings. The Morgan fingerprint density at radius 1 is 1.70 bits per heavy atom.